The molecule has 1 saturated carbocycles. The average molecular weight is 270 g/mol. The van der Waals surface area contributed by atoms with Crippen LogP contribution in [-0.4, -0.2) is 40.7 Å². The maximum absolute atomic E-state index is 12.2. The van der Waals surface area contributed by atoms with Crippen molar-refractivity contribution in [2.75, 3.05) is 12.0 Å². The number of likely N-dealkylation sites (tertiary alicyclic amines) is 1. The van der Waals surface area contributed by atoms with Gasteiger partial charge in [0.25, 0.3) is 0 Å². The van der Waals surface area contributed by atoms with Crippen molar-refractivity contribution in [3.8, 4) is 0 Å². The van der Waals surface area contributed by atoms with Crippen molar-refractivity contribution < 1.29 is 19.5 Å². The van der Waals surface area contributed by atoms with Crippen molar-refractivity contribution in [3.05, 3.63) is 0 Å². The van der Waals surface area contributed by atoms with E-state index in [9.17, 15) is 19.5 Å². The van der Waals surface area contributed by atoms with Gasteiger partial charge in [0.15, 0.2) is 0 Å². The number of carbonyl (C=O) groups is 3. The molecule has 2 rings (SSSR count). The smallest absolute Gasteiger partial charge is 0.233 e. The molecule has 0 unspecified atom stereocenters. The number of fused-ring (bicyclic) bond motifs is 1. The van der Waals surface area contributed by atoms with Crippen LogP contribution in [0.2, 0.25) is 0 Å². The summed E-state index contributed by atoms with van der Waals surface area (Å²) in [5, 5.41) is 11.1. The minimum absolute atomic E-state index is 0.194. The highest BCUT2D eigenvalue weighted by molar-refractivity contribution is 7.98. The second-order valence-corrected chi connectivity index (χ2v) is 5.74. The van der Waals surface area contributed by atoms with E-state index in [0.29, 0.717) is 12.8 Å². The lowest BCUT2D eigenvalue weighted by Crippen LogP contribution is -2.52. The monoisotopic (exact) mass is 270 g/mol. The molecule has 2 amide bonds. The maximum atomic E-state index is 12.2. The number of amides is 2. The molecule has 100 valence electrons. The van der Waals surface area contributed by atoms with Crippen LogP contribution in [0.5, 0.6) is 0 Å². The predicted octanol–water partition coefficient (Wildman–Crippen LogP) is -0.357. The molecule has 0 aromatic heterocycles. The van der Waals surface area contributed by atoms with Crippen LogP contribution in [0.3, 0.4) is 0 Å². The van der Waals surface area contributed by atoms with E-state index in [0.717, 1.165) is 17.7 Å². The lowest BCUT2D eigenvalue weighted by molar-refractivity contribution is -0.310. The summed E-state index contributed by atoms with van der Waals surface area (Å²) in [5.74, 6) is -2.37. The number of carboxylic acids is 1. The van der Waals surface area contributed by atoms with E-state index in [1.807, 2.05) is 0 Å². The minimum atomic E-state index is -1.34. The second-order valence-electron chi connectivity index (χ2n) is 4.83. The van der Waals surface area contributed by atoms with Gasteiger partial charge in [0, 0.05) is 5.75 Å². The second kappa shape index (κ2) is 5.30. The van der Waals surface area contributed by atoms with Crippen LogP contribution in [0, 0.1) is 11.8 Å². The Morgan fingerprint density at radius 3 is 2.22 bits per heavy atom. The molecule has 2 fully saturated rings. The van der Waals surface area contributed by atoms with Crippen LogP contribution in [0.25, 0.3) is 0 Å². The lowest BCUT2D eigenvalue weighted by Gasteiger charge is -2.26. The molecule has 1 aliphatic carbocycles. The highest BCUT2D eigenvalue weighted by atomic mass is 32.2. The molecular weight excluding hydrogens is 254 g/mol. The van der Waals surface area contributed by atoms with Crippen molar-refractivity contribution in [2.24, 2.45) is 11.8 Å². The van der Waals surface area contributed by atoms with Gasteiger partial charge < -0.3 is 9.90 Å². The van der Waals surface area contributed by atoms with Gasteiger partial charge in [-0.1, -0.05) is 12.8 Å². The van der Waals surface area contributed by atoms with E-state index in [1.54, 1.807) is 6.26 Å². The third-order valence-electron chi connectivity index (χ3n) is 3.78. The molecule has 3 atom stereocenters. The first kappa shape index (κ1) is 13.4. The van der Waals surface area contributed by atoms with Crippen LogP contribution in [0.1, 0.15) is 25.7 Å². The van der Waals surface area contributed by atoms with Gasteiger partial charge in [0.2, 0.25) is 11.8 Å². The third kappa shape index (κ3) is 2.13. The Hall–Kier alpha value is -1.04. The summed E-state index contributed by atoms with van der Waals surface area (Å²) in [6, 6.07) is -1.12. The van der Waals surface area contributed by atoms with Gasteiger partial charge in [-0.2, -0.15) is 11.8 Å². The average Bonchev–Trinajstić information content (AvgIpc) is 2.60. The summed E-state index contributed by atoms with van der Waals surface area (Å²) in [6.45, 7) is 0. The summed E-state index contributed by atoms with van der Waals surface area (Å²) >= 11 is 1.30. The first-order valence-electron chi connectivity index (χ1n) is 6.14. The Balaban J connectivity index is 2.24. The summed E-state index contributed by atoms with van der Waals surface area (Å²) < 4.78 is 0. The Morgan fingerprint density at radius 1 is 1.33 bits per heavy atom. The van der Waals surface area contributed by atoms with Gasteiger partial charge in [-0.05, 0) is 19.1 Å². The van der Waals surface area contributed by atoms with Crippen molar-refractivity contribution >= 4 is 29.5 Å². The Morgan fingerprint density at radius 2 is 1.83 bits per heavy atom. The molecule has 0 aromatic rings. The topological polar surface area (TPSA) is 77.5 Å². The number of rotatable bonds is 4. The van der Waals surface area contributed by atoms with Gasteiger partial charge in [0.05, 0.1) is 23.8 Å². The molecule has 18 heavy (non-hydrogen) atoms. The number of hydrogen-bond acceptors (Lipinski definition) is 5. The maximum Gasteiger partial charge on any atom is 0.233 e. The molecular formula is C12H16NO4S-. The van der Waals surface area contributed by atoms with E-state index in [1.165, 1.54) is 11.8 Å². The molecule has 0 bridgehead atoms. The van der Waals surface area contributed by atoms with E-state index in [4.69, 9.17) is 0 Å². The van der Waals surface area contributed by atoms with Gasteiger partial charge in [-0.25, -0.2) is 0 Å². The highest BCUT2D eigenvalue weighted by Crippen LogP contribution is 2.39. The minimum Gasteiger partial charge on any atom is -0.548 e. The number of carbonyl (C=O) groups excluding carboxylic acids is 3. The largest absolute Gasteiger partial charge is 0.548 e. The first-order chi connectivity index (χ1) is 8.57. The fourth-order valence-corrected chi connectivity index (χ4v) is 3.50. The van der Waals surface area contributed by atoms with E-state index in [2.05, 4.69) is 0 Å². The number of thioether (sulfide) groups is 1. The van der Waals surface area contributed by atoms with E-state index >= 15 is 0 Å². The van der Waals surface area contributed by atoms with Crippen molar-refractivity contribution in [2.45, 2.75) is 31.7 Å². The summed E-state index contributed by atoms with van der Waals surface area (Å²) in [5.41, 5.74) is 0. The zero-order valence-electron chi connectivity index (χ0n) is 10.3. The summed E-state index contributed by atoms with van der Waals surface area (Å²) in [6.07, 6.45) is 5.02. The zero-order chi connectivity index (χ0) is 13.3. The van der Waals surface area contributed by atoms with Gasteiger partial charge in [-0.15, -0.1) is 0 Å². The number of carboxylic acid groups (broad SMARTS) is 1. The fraction of sp³-hybridized carbons (Fsp3) is 0.750. The first-order valence-corrected chi connectivity index (χ1v) is 7.54. The fourth-order valence-electron chi connectivity index (χ4n) is 2.90. The van der Waals surface area contributed by atoms with Crippen LogP contribution in [0.15, 0.2) is 0 Å². The van der Waals surface area contributed by atoms with Crippen molar-refractivity contribution in [1.82, 2.24) is 4.90 Å². The molecule has 5 nitrogen and oxygen atoms in total. The van der Waals surface area contributed by atoms with E-state index in [-0.39, 0.29) is 29.4 Å². The lowest BCUT2D eigenvalue weighted by atomic mass is 9.81. The SMILES string of the molecule is CSC[C@H](C(=O)[O-])N1C(=O)[C@H]2CCCC[C@@H]2C1=O. The normalized spacial score (nSPS) is 29.3. The zero-order valence-corrected chi connectivity index (χ0v) is 11.1. The molecule has 2 aliphatic rings. The van der Waals surface area contributed by atoms with Gasteiger partial charge in [-0.3, -0.25) is 14.5 Å². The van der Waals surface area contributed by atoms with Crippen molar-refractivity contribution in [3.63, 3.8) is 0 Å². The molecule has 1 aliphatic heterocycles. The Kier molecular flexibility index (Phi) is 3.94. The van der Waals surface area contributed by atoms with Gasteiger partial charge >= 0.3 is 0 Å². The van der Waals surface area contributed by atoms with Crippen LogP contribution in [0.4, 0.5) is 0 Å². The molecule has 1 heterocycles. The van der Waals surface area contributed by atoms with Crippen LogP contribution < -0.4 is 5.11 Å². The molecule has 0 N–H and O–H groups in total. The number of hydrogen-bond donors (Lipinski definition) is 0. The quantitative estimate of drug-likeness (QED) is 0.652. The predicted molar refractivity (Wildman–Crippen MR) is 64.5 cm³/mol. The standard InChI is InChI=1S/C12H17NO4S/c1-18-6-9(12(16)17)13-10(14)7-4-2-3-5-8(7)11(13)15/h7-9H,2-6H2,1H3,(H,16,17)/p-1/t7-,8-,9+/m0/s1. The van der Waals surface area contributed by atoms with Crippen molar-refractivity contribution in [1.29, 1.82) is 0 Å². The summed E-state index contributed by atoms with van der Waals surface area (Å²) in [4.78, 5) is 36.4. The number of imide groups is 1. The third-order valence-corrected chi connectivity index (χ3v) is 4.43. The Labute approximate surface area is 110 Å². The number of aliphatic carboxylic acids is 1. The van der Waals surface area contributed by atoms with Gasteiger partial charge in [0.1, 0.15) is 0 Å². The highest BCUT2D eigenvalue weighted by Gasteiger charge is 2.50. The van der Waals surface area contributed by atoms with E-state index < -0.39 is 12.0 Å². The molecule has 0 aromatic carbocycles. The Bertz CT molecular complexity index is 360. The summed E-state index contributed by atoms with van der Waals surface area (Å²) in [7, 11) is 0. The molecule has 6 heteroatoms. The molecule has 1 saturated heterocycles. The van der Waals surface area contributed by atoms with Crippen LogP contribution >= 0.6 is 11.8 Å². The molecule has 0 spiro atoms. The molecule has 0 radical (unpaired) electrons. The number of nitrogens with zero attached hydrogens (tertiary/aromatic N) is 1. The van der Waals surface area contributed by atoms with Crippen LogP contribution in [-0.2, 0) is 14.4 Å².